The predicted molar refractivity (Wildman–Crippen MR) is 82.4 cm³/mol. The Hall–Kier alpha value is -2.20. The molecule has 0 amide bonds. The van der Waals surface area contributed by atoms with Crippen LogP contribution in [0.15, 0.2) is 48.5 Å². The molecule has 0 bridgehead atoms. The molecule has 0 aliphatic rings. The summed E-state index contributed by atoms with van der Waals surface area (Å²) in [4.78, 5) is 0. The Morgan fingerprint density at radius 1 is 1.14 bits per heavy atom. The summed E-state index contributed by atoms with van der Waals surface area (Å²) in [7, 11) is 1.95. The van der Waals surface area contributed by atoms with Crippen LogP contribution in [0.25, 0.3) is 10.9 Å². The molecule has 21 heavy (non-hydrogen) atoms. The highest BCUT2D eigenvalue weighted by atomic mass is 19.1. The molecule has 3 aromatic rings. The van der Waals surface area contributed by atoms with E-state index < -0.39 is 0 Å². The molecule has 0 saturated heterocycles. The van der Waals surface area contributed by atoms with Gasteiger partial charge >= 0.3 is 0 Å². The molecule has 0 aliphatic heterocycles. The van der Waals surface area contributed by atoms with E-state index in [0.29, 0.717) is 6.54 Å². The standard InChI is InChI=1S/C17H18FN3/c1-12(13-7-9-14(18)10-8-13)19-11-16-15-5-3-4-6-17(15)21(2)20-16/h3-10,12,19H,11H2,1-2H3/t12-/m1/s1. The highest BCUT2D eigenvalue weighted by Gasteiger charge is 2.10. The Bertz CT molecular complexity index is 746. The normalized spacial score (nSPS) is 12.7. The topological polar surface area (TPSA) is 29.9 Å². The number of halogens is 1. The van der Waals surface area contributed by atoms with Crippen molar-refractivity contribution in [2.45, 2.75) is 19.5 Å². The number of benzene rings is 2. The van der Waals surface area contributed by atoms with Crippen LogP contribution in [0.4, 0.5) is 4.39 Å². The number of fused-ring (bicyclic) bond motifs is 1. The molecule has 3 rings (SSSR count). The van der Waals surface area contributed by atoms with E-state index in [1.807, 2.05) is 36.0 Å². The maximum Gasteiger partial charge on any atom is 0.123 e. The smallest absolute Gasteiger partial charge is 0.123 e. The average Bonchev–Trinajstić information content (AvgIpc) is 2.83. The summed E-state index contributed by atoms with van der Waals surface area (Å²) in [5.41, 5.74) is 3.22. The number of hydrogen-bond acceptors (Lipinski definition) is 2. The number of rotatable bonds is 4. The fourth-order valence-corrected chi connectivity index (χ4v) is 2.54. The zero-order chi connectivity index (χ0) is 14.8. The molecular formula is C17H18FN3. The maximum absolute atomic E-state index is 12.9. The van der Waals surface area contributed by atoms with Crippen molar-refractivity contribution in [3.63, 3.8) is 0 Å². The first kappa shape index (κ1) is 13.8. The van der Waals surface area contributed by atoms with Gasteiger partial charge in [0, 0.05) is 25.0 Å². The summed E-state index contributed by atoms with van der Waals surface area (Å²) in [6.45, 7) is 2.75. The van der Waals surface area contributed by atoms with Crippen LogP contribution in [0.1, 0.15) is 24.2 Å². The number of hydrogen-bond donors (Lipinski definition) is 1. The van der Waals surface area contributed by atoms with Crippen molar-refractivity contribution < 1.29 is 4.39 Å². The van der Waals surface area contributed by atoms with E-state index in [-0.39, 0.29) is 11.9 Å². The highest BCUT2D eigenvalue weighted by Crippen LogP contribution is 2.19. The molecule has 0 radical (unpaired) electrons. The molecule has 0 unspecified atom stereocenters. The number of nitrogens with zero attached hydrogens (tertiary/aromatic N) is 2. The van der Waals surface area contributed by atoms with Gasteiger partial charge in [-0.3, -0.25) is 4.68 Å². The molecule has 1 atom stereocenters. The molecule has 108 valence electrons. The van der Waals surface area contributed by atoms with Crippen LogP contribution in [0.5, 0.6) is 0 Å². The molecule has 0 aliphatic carbocycles. The zero-order valence-electron chi connectivity index (χ0n) is 12.2. The Kier molecular flexibility index (Phi) is 3.71. The van der Waals surface area contributed by atoms with Gasteiger partial charge in [0.15, 0.2) is 0 Å². The molecule has 0 saturated carbocycles. The first-order chi connectivity index (χ1) is 10.1. The summed E-state index contributed by atoms with van der Waals surface area (Å²) in [6, 6.07) is 14.9. The van der Waals surface area contributed by atoms with Crippen molar-refractivity contribution in [1.29, 1.82) is 0 Å². The summed E-state index contributed by atoms with van der Waals surface area (Å²) < 4.78 is 14.8. The van der Waals surface area contributed by atoms with Crippen LogP contribution in [0.2, 0.25) is 0 Å². The Balaban J connectivity index is 1.76. The molecule has 4 heteroatoms. The molecule has 2 aromatic carbocycles. The highest BCUT2D eigenvalue weighted by molar-refractivity contribution is 5.81. The van der Waals surface area contributed by atoms with E-state index in [1.54, 1.807) is 0 Å². The first-order valence-electron chi connectivity index (χ1n) is 7.04. The van der Waals surface area contributed by atoms with E-state index in [4.69, 9.17) is 0 Å². The number of nitrogens with one attached hydrogen (secondary N) is 1. The summed E-state index contributed by atoms with van der Waals surface area (Å²) in [5.74, 6) is -0.207. The Morgan fingerprint density at radius 2 is 1.86 bits per heavy atom. The lowest BCUT2D eigenvalue weighted by Gasteiger charge is -2.13. The van der Waals surface area contributed by atoms with Gasteiger partial charge < -0.3 is 5.32 Å². The minimum Gasteiger partial charge on any atom is -0.304 e. The van der Waals surface area contributed by atoms with Gasteiger partial charge in [-0.05, 0) is 30.7 Å². The van der Waals surface area contributed by atoms with E-state index in [1.165, 1.54) is 17.5 Å². The molecular weight excluding hydrogens is 265 g/mol. The van der Waals surface area contributed by atoms with E-state index >= 15 is 0 Å². The molecule has 0 fully saturated rings. The molecule has 0 spiro atoms. The molecule has 3 nitrogen and oxygen atoms in total. The van der Waals surface area contributed by atoms with Gasteiger partial charge in [0.25, 0.3) is 0 Å². The van der Waals surface area contributed by atoms with E-state index in [9.17, 15) is 4.39 Å². The second-order valence-corrected chi connectivity index (χ2v) is 5.24. The quantitative estimate of drug-likeness (QED) is 0.793. The van der Waals surface area contributed by atoms with Crippen LogP contribution < -0.4 is 5.32 Å². The lowest BCUT2D eigenvalue weighted by atomic mass is 10.1. The van der Waals surface area contributed by atoms with Crippen molar-refractivity contribution >= 4 is 10.9 Å². The Morgan fingerprint density at radius 3 is 2.62 bits per heavy atom. The van der Waals surface area contributed by atoms with Gasteiger partial charge in [0.05, 0.1) is 11.2 Å². The lowest BCUT2D eigenvalue weighted by Crippen LogP contribution is -2.18. The Labute approximate surface area is 123 Å². The SMILES string of the molecule is C[C@@H](NCc1nn(C)c2ccccc12)c1ccc(F)cc1. The van der Waals surface area contributed by atoms with Crippen LogP contribution in [-0.2, 0) is 13.6 Å². The largest absolute Gasteiger partial charge is 0.304 e. The van der Waals surface area contributed by atoms with Gasteiger partial charge in [-0.25, -0.2) is 4.39 Å². The lowest BCUT2D eigenvalue weighted by molar-refractivity contribution is 0.561. The first-order valence-corrected chi connectivity index (χ1v) is 7.04. The van der Waals surface area contributed by atoms with Gasteiger partial charge in [0.1, 0.15) is 5.82 Å². The van der Waals surface area contributed by atoms with Crippen molar-refractivity contribution in [1.82, 2.24) is 15.1 Å². The third-order valence-electron chi connectivity index (χ3n) is 3.78. The van der Waals surface area contributed by atoms with Crippen molar-refractivity contribution in [3.8, 4) is 0 Å². The van der Waals surface area contributed by atoms with Crippen molar-refractivity contribution in [2.75, 3.05) is 0 Å². The minimum atomic E-state index is -0.207. The summed E-state index contributed by atoms with van der Waals surface area (Å²) in [6.07, 6.45) is 0. The van der Waals surface area contributed by atoms with Gasteiger partial charge in [-0.2, -0.15) is 5.10 Å². The minimum absolute atomic E-state index is 0.145. The summed E-state index contributed by atoms with van der Waals surface area (Å²) >= 11 is 0. The van der Waals surface area contributed by atoms with Crippen LogP contribution in [0, 0.1) is 5.82 Å². The summed E-state index contributed by atoms with van der Waals surface area (Å²) in [5, 5.41) is 9.17. The molecule has 1 N–H and O–H groups in total. The second-order valence-electron chi connectivity index (χ2n) is 5.24. The third kappa shape index (κ3) is 2.81. The van der Waals surface area contributed by atoms with Crippen molar-refractivity contribution in [3.05, 3.63) is 65.6 Å². The van der Waals surface area contributed by atoms with Crippen LogP contribution in [0.3, 0.4) is 0 Å². The third-order valence-corrected chi connectivity index (χ3v) is 3.78. The monoisotopic (exact) mass is 283 g/mol. The number of aryl methyl sites for hydroxylation is 1. The second kappa shape index (κ2) is 5.66. The van der Waals surface area contributed by atoms with Gasteiger partial charge in [-0.1, -0.05) is 30.3 Å². The number of para-hydroxylation sites is 1. The average molecular weight is 283 g/mol. The van der Waals surface area contributed by atoms with Crippen molar-refractivity contribution in [2.24, 2.45) is 7.05 Å². The maximum atomic E-state index is 12.9. The van der Waals surface area contributed by atoms with Gasteiger partial charge in [0.2, 0.25) is 0 Å². The molecule has 1 aromatic heterocycles. The predicted octanol–water partition coefficient (Wildman–Crippen LogP) is 3.56. The zero-order valence-corrected chi connectivity index (χ0v) is 12.2. The molecule has 1 heterocycles. The van der Waals surface area contributed by atoms with E-state index in [2.05, 4.69) is 29.5 Å². The fraction of sp³-hybridized carbons (Fsp3) is 0.235. The van der Waals surface area contributed by atoms with E-state index in [0.717, 1.165) is 16.8 Å². The number of aromatic nitrogens is 2. The van der Waals surface area contributed by atoms with Crippen LogP contribution >= 0.6 is 0 Å². The van der Waals surface area contributed by atoms with Gasteiger partial charge in [-0.15, -0.1) is 0 Å². The fourth-order valence-electron chi connectivity index (χ4n) is 2.54. The van der Waals surface area contributed by atoms with Crippen LogP contribution in [-0.4, -0.2) is 9.78 Å².